The van der Waals surface area contributed by atoms with E-state index in [2.05, 4.69) is 170 Å². The highest BCUT2D eigenvalue weighted by Crippen LogP contribution is 2.12. The molecule has 0 unspecified atom stereocenters. The lowest BCUT2D eigenvalue weighted by atomic mass is 10.2. The van der Waals surface area contributed by atoms with Crippen LogP contribution in [-0.2, 0) is 0 Å². The highest BCUT2D eigenvalue weighted by Gasteiger charge is 1.96. The quantitative estimate of drug-likeness (QED) is 0.201. The summed E-state index contributed by atoms with van der Waals surface area (Å²) in [4.78, 5) is 0. The molecule has 0 aromatic heterocycles. The Balaban J connectivity index is -0.000000196. The Labute approximate surface area is 249 Å². The summed E-state index contributed by atoms with van der Waals surface area (Å²) < 4.78 is 0. The van der Waals surface area contributed by atoms with Crippen LogP contribution in [0.25, 0.3) is 0 Å². The van der Waals surface area contributed by atoms with Crippen molar-refractivity contribution < 1.29 is 0 Å². The van der Waals surface area contributed by atoms with Crippen molar-refractivity contribution in [2.75, 3.05) is 11.5 Å². The van der Waals surface area contributed by atoms with Gasteiger partial charge in [-0.1, -0.05) is 147 Å². The van der Waals surface area contributed by atoms with E-state index in [1.807, 2.05) is 23.5 Å². The average Bonchev–Trinajstić information content (AvgIpc) is 2.71. The van der Waals surface area contributed by atoms with Crippen LogP contribution in [0.1, 0.15) is 111 Å². The average molecular weight is 573 g/mol. The molecule has 0 radical (unpaired) electrons. The number of hydrogen-bond acceptors (Lipinski definition) is 3. The van der Waals surface area contributed by atoms with Crippen LogP contribution in [0.2, 0.25) is 0 Å². The van der Waals surface area contributed by atoms with Crippen molar-refractivity contribution in [1.82, 2.24) is 0 Å². The van der Waals surface area contributed by atoms with Gasteiger partial charge in [-0.3, -0.25) is 0 Å². The molecule has 0 atom stereocenters. The zero-order chi connectivity index (χ0) is 29.8. The van der Waals surface area contributed by atoms with Crippen molar-refractivity contribution in [3.05, 3.63) is 47.3 Å². The van der Waals surface area contributed by atoms with Gasteiger partial charge in [-0.25, -0.2) is 0 Å². The smallest absolute Gasteiger partial charge is 0.00316 e. The molecule has 0 rings (SSSR count). The van der Waals surface area contributed by atoms with E-state index in [0.717, 1.165) is 22.3 Å². The molecule has 0 nitrogen and oxygen atoms in total. The van der Waals surface area contributed by atoms with Crippen molar-refractivity contribution in [3.8, 4) is 0 Å². The van der Waals surface area contributed by atoms with Crippen LogP contribution in [-0.4, -0.2) is 22.0 Å². The van der Waals surface area contributed by atoms with E-state index < -0.39 is 0 Å². The molecule has 0 saturated carbocycles. The first-order valence-corrected chi connectivity index (χ1v) is 17.6. The van der Waals surface area contributed by atoms with Gasteiger partial charge in [0.15, 0.2) is 0 Å². The summed E-state index contributed by atoms with van der Waals surface area (Å²) in [6.07, 6.45) is 13.1. The Morgan fingerprint density at radius 3 is 0.865 bits per heavy atom. The van der Waals surface area contributed by atoms with E-state index in [1.165, 1.54) is 11.5 Å². The second-order valence-electron chi connectivity index (χ2n) is 12.1. The van der Waals surface area contributed by atoms with Gasteiger partial charge in [-0.15, -0.1) is 23.5 Å². The molecular formula is C34H68S3. The number of hydrogen-bond donors (Lipinski definition) is 0. The maximum atomic E-state index is 2.27. The molecule has 0 N–H and O–H groups in total. The second-order valence-corrected chi connectivity index (χ2v) is 16.1. The molecule has 0 amide bonds. The number of allylic oxidation sites excluding steroid dienone is 6. The molecule has 0 bridgehead atoms. The van der Waals surface area contributed by atoms with Crippen molar-refractivity contribution >= 4 is 35.3 Å². The molecule has 3 heteroatoms. The molecule has 0 fully saturated rings. The minimum absolute atomic E-state index is 0.664. The van der Waals surface area contributed by atoms with Gasteiger partial charge in [0.05, 0.1) is 0 Å². The van der Waals surface area contributed by atoms with Gasteiger partial charge in [-0.2, -0.15) is 11.8 Å². The first kappa shape index (κ1) is 44.0. The largest absolute Gasteiger partial charge is 0.161 e. The predicted octanol–water partition coefficient (Wildman–Crippen LogP) is 13.0. The first-order chi connectivity index (χ1) is 17.0. The summed E-state index contributed by atoms with van der Waals surface area (Å²) >= 11 is 5.83. The summed E-state index contributed by atoms with van der Waals surface area (Å²) in [5.74, 6) is 7.06. The van der Waals surface area contributed by atoms with Gasteiger partial charge in [0, 0.05) is 10.5 Å². The lowest BCUT2D eigenvalue weighted by molar-refractivity contribution is 0.730. The van der Waals surface area contributed by atoms with Gasteiger partial charge in [0.2, 0.25) is 0 Å². The molecule has 37 heavy (non-hydrogen) atoms. The van der Waals surface area contributed by atoms with Crippen molar-refractivity contribution in [1.29, 1.82) is 0 Å². The molecule has 0 heterocycles. The van der Waals surface area contributed by atoms with E-state index >= 15 is 0 Å². The fraction of sp³-hybridized carbons (Fsp3) is 0.765. The fourth-order valence-electron chi connectivity index (χ4n) is 1.83. The van der Waals surface area contributed by atoms with Crippen LogP contribution < -0.4 is 0 Å². The van der Waals surface area contributed by atoms with Gasteiger partial charge >= 0.3 is 0 Å². The van der Waals surface area contributed by atoms with E-state index in [1.54, 1.807) is 0 Å². The standard InChI is InChI=1S/C10H18.C8H18S.2C8H16S/c1-9(2)7-5-6-8-10(3)4;1-7(2)5-9-6-8(3)4;2*1-7(2)5-6-9-8(3)4/h5-10H,1-4H3;7-8H,5-6H2,1-4H3;2*5-8H,1-4H3/b7-5-,8-6-;;2*6-5-. The maximum Gasteiger partial charge on any atom is 0.00316 e. The highest BCUT2D eigenvalue weighted by atomic mass is 32.2. The predicted molar refractivity (Wildman–Crippen MR) is 188 cm³/mol. The molecular weight excluding hydrogens is 505 g/mol. The van der Waals surface area contributed by atoms with Gasteiger partial charge in [0.25, 0.3) is 0 Å². The Morgan fingerprint density at radius 1 is 0.405 bits per heavy atom. The number of rotatable bonds is 13. The van der Waals surface area contributed by atoms with Gasteiger partial charge in [-0.05, 0) is 57.8 Å². The second kappa shape index (κ2) is 32.2. The highest BCUT2D eigenvalue weighted by molar-refractivity contribution is 8.02. The van der Waals surface area contributed by atoms with Crippen LogP contribution in [0.15, 0.2) is 47.3 Å². The summed E-state index contributed by atoms with van der Waals surface area (Å²) in [5, 5.41) is 5.82. The molecule has 0 saturated heterocycles. The Bertz CT molecular complexity index is 485. The van der Waals surface area contributed by atoms with Crippen LogP contribution in [0.4, 0.5) is 0 Å². The van der Waals surface area contributed by atoms with E-state index in [0.29, 0.717) is 23.7 Å². The summed E-state index contributed by atoms with van der Waals surface area (Å²) in [7, 11) is 0. The molecule has 222 valence electrons. The fourth-order valence-corrected chi connectivity index (χ4v) is 4.35. The van der Waals surface area contributed by atoms with Crippen LogP contribution >= 0.6 is 35.3 Å². The Kier molecular flexibility index (Phi) is 38.4. The summed E-state index contributed by atoms with van der Waals surface area (Å²) in [6, 6.07) is 0. The zero-order valence-electron chi connectivity index (χ0n) is 27.9. The molecule has 0 aromatic rings. The Morgan fingerprint density at radius 2 is 0.676 bits per heavy atom. The normalized spacial score (nSPS) is 12.2. The van der Waals surface area contributed by atoms with E-state index in [4.69, 9.17) is 0 Å². The van der Waals surface area contributed by atoms with Crippen molar-refractivity contribution in [3.63, 3.8) is 0 Å². The number of thioether (sulfide) groups is 3. The topological polar surface area (TPSA) is 0 Å². The van der Waals surface area contributed by atoms with Crippen LogP contribution in [0.5, 0.6) is 0 Å². The van der Waals surface area contributed by atoms with Crippen molar-refractivity contribution in [2.45, 2.75) is 121 Å². The van der Waals surface area contributed by atoms with Gasteiger partial charge < -0.3 is 0 Å². The van der Waals surface area contributed by atoms with Crippen LogP contribution in [0, 0.1) is 35.5 Å². The third kappa shape index (κ3) is 66.6. The molecule has 0 spiro atoms. The third-order valence-electron chi connectivity index (χ3n) is 3.63. The van der Waals surface area contributed by atoms with E-state index in [9.17, 15) is 0 Å². The monoisotopic (exact) mass is 572 g/mol. The lowest BCUT2D eigenvalue weighted by Gasteiger charge is -2.05. The Hall–Kier alpha value is 0.01000. The molecule has 0 aromatic carbocycles. The molecule has 0 aliphatic heterocycles. The third-order valence-corrected chi connectivity index (χ3v) is 7.16. The summed E-state index contributed by atoms with van der Waals surface area (Å²) in [5.41, 5.74) is 0. The summed E-state index contributed by atoms with van der Waals surface area (Å²) in [6.45, 7) is 35.4. The maximum absolute atomic E-state index is 2.27. The first-order valence-electron chi connectivity index (χ1n) is 14.6. The minimum atomic E-state index is 0.664. The minimum Gasteiger partial charge on any atom is -0.161 e. The van der Waals surface area contributed by atoms with Gasteiger partial charge in [0.1, 0.15) is 0 Å². The lowest BCUT2D eigenvalue weighted by Crippen LogP contribution is -1.96. The molecule has 0 aliphatic rings. The zero-order valence-corrected chi connectivity index (χ0v) is 30.3. The molecule has 0 aliphatic carbocycles. The van der Waals surface area contributed by atoms with Crippen molar-refractivity contribution in [2.24, 2.45) is 35.5 Å². The SMILES string of the molecule is CC(C)/C=C\C=C/C(C)C.CC(C)/C=C\SC(C)C.CC(C)/C=C\SC(C)C.CC(C)CSCC(C)C. The van der Waals surface area contributed by atoms with Crippen LogP contribution in [0.3, 0.4) is 0 Å². The van der Waals surface area contributed by atoms with E-state index in [-0.39, 0.29) is 0 Å².